The first-order valence-corrected chi connectivity index (χ1v) is 8.69. The van der Waals surface area contributed by atoms with Gasteiger partial charge in [0.15, 0.2) is 0 Å². The monoisotopic (exact) mass is 408 g/mol. The highest BCUT2D eigenvalue weighted by molar-refractivity contribution is 9.10. The van der Waals surface area contributed by atoms with Gasteiger partial charge in [0.05, 0.1) is 17.9 Å². The lowest BCUT2D eigenvalue weighted by molar-refractivity contribution is 0.132. The van der Waals surface area contributed by atoms with Gasteiger partial charge in [-0.25, -0.2) is 9.18 Å². The number of carbonyl (C=O) groups is 1. The molecule has 2 aromatic rings. The van der Waals surface area contributed by atoms with E-state index in [1.54, 1.807) is 29.4 Å². The summed E-state index contributed by atoms with van der Waals surface area (Å²) in [5.41, 5.74) is 0.152. The minimum absolute atomic E-state index is 0.152. The van der Waals surface area contributed by atoms with E-state index in [0.717, 1.165) is 0 Å². The highest BCUT2D eigenvalue weighted by Gasteiger charge is 2.27. The first-order chi connectivity index (χ1) is 12.1. The maximum absolute atomic E-state index is 13.9. The van der Waals surface area contributed by atoms with Crippen LogP contribution in [0.4, 0.5) is 14.9 Å². The summed E-state index contributed by atoms with van der Waals surface area (Å²) in [6, 6.07) is 7.62. The van der Waals surface area contributed by atoms with Gasteiger partial charge in [-0.05, 0) is 30.3 Å². The number of amides is 2. The lowest BCUT2D eigenvalue weighted by Gasteiger charge is -2.35. The number of urea groups is 1. The van der Waals surface area contributed by atoms with Gasteiger partial charge < -0.3 is 20.3 Å². The zero-order valence-corrected chi connectivity index (χ0v) is 15.0. The number of pyridine rings is 1. The van der Waals surface area contributed by atoms with Crippen LogP contribution in [-0.2, 0) is 0 Å². The molecule has 3 rings (SSSR count). The van der Waals surface area contributed by atoms with Gasteiger partial charge in [-0.15, -0.1) is 0 Å². The molecule has 2 N–H and O–H groups in total. The molecule has 25 heavy (non-hydrogen) atoms. The van der Waals surface area contributed by atoms with Crippen molar-refractivity contribution in [3.63, 3.8) is 0 Å². The Morgan fingerprint density at radius 2 is 2.36 bits per heavy atom. The van der Waals surface area contributed by atoms with Crippen LogP contribution < -0.4 is 15.4 Å². The lowest BCUT2D eigenvalue weighted by Crippen LogP contribution is -2.57. The second kappa shape index (κ2) is 8.26. The third-order valence-corrected chi connectivity index (χ3v) is 4.35. The molecule has 1 fully saturated rings. The predicted molar refractivity (Wildman–Crippen MR) is 96.2 cm³/mol. The van der Waals surface area contributed by atoms with E-state index in [2.05, 4.69) is 31.5 Å². The van der Waals surface area contributed by atoms with Crippen LogP contribution in [0.1, 0.15) is 0 Å². The summed E-state index contributed by atoms with van der Waals surface area (Å²) in [6.45, 7) is 2.14. The van der Waals surface area contributed by atoms with Gasteiger partial charge in [-0.2, -0.15) is 0 Å². The Morgan fingerprint density at radius 3 is 3.12 bits per heavy atom. The van der Waals surface area contributed by atoms with Gasteiger partial charge in [0.25, 0.3) is 0 Å². The molecular formula is C17H18BrFN4O2. The van der Waals surface area contributed by atoms with E-state index in [1.807, 2.05) is 6.07 Å². The standard InChI is InChI=1S/C17H18BrFN4O2/c18-12-3-4-16(15(19)8-12)22-17(24)23-7-6-21-9-13(23)11-25-14-2-1-5-20-10-14/h1-5,8,10,13,21H,6-7,9,11H2,(H,22,24)/t13-/m1/s1. The molecule has 0 saturated carbocycles. The molecular weight excluding hydrogens is 391 g/mol. The van der Waals surface area contributed by atoms with Crippen LogP contribution in [0.5, 0.6) is 5.75 Å². The molecule has 132 valence electrons. The van der Waals surface area contributed by atoms with Crippen molar-refractivity contribution in [1.82, 2.24) is 15.2 Å². The summed E-state index contributed by atoms with van der Waals surface area (Å²) < 4.78 is 20.3. The predicted octanol–water partition coefficient (Wildman–Crippen LogP) is 2.87. The summed E-state index contributed by atoms with van der Waals surface area (Å²) in [4.78, 5) is 18.2. The molecule has 0 radical (unpaired) electrons. The zero-order valence-electron chi connectivity index (χ0n) is 13.4. The number of nitrogens with one attached hydrogen (secondary N) is 2. The van der Waals surface area contributed by atoms with Crippen LogP contribution in [0.15, 0.2) is 47.2 Å². The molecule has 0 spiro atoms. The van der Waals surface area contributed by atoms with E-state index < -0.39 is 5.82 Å². The van der Waals surface area contributed by atoms with Crippen LogP contribution in [0.25, 0.3) is 0 Å². The van der Waals surface area contributed by atoms with E-state index in [9.17, 15) is 9.18 Å². The minimum Gasteiger partial charge on any atom is -0.490 e. The van der Waals surface area contributed by atoms with Crippen LogP contribution in [0.3, 0.4) is 0 Å². The van der Waals surface area contributed by atoms with Crippen molar-refractivity contribution in [1.29, 1.82) is 0 Å². The van der Waals surface area contributed by atoms with E-state index in [4.69, 9.17) is 4.74 Å². The van der Waals surface area contributed by atoms with Gasteiger partial charge in [-0.3, -0.25) is 4.98 Å². The molecule has 8 heteroatoms. The number of benzene rings is 1. The number of hydrogen-bond acceptors (Lipinski definition) is 4. The number of aromatic nitrogens is 1. The van der Waals surface area contributed by atoms with Gasteiger partial charge in [-0.1, -0.05) is 15.9 Å². The number of halogens is 2. The number of rotatable bonds is 4. The average Bonchev–Trinajstić information content (AvgIpc) is 2.63. The van der Waals surface area contributed by atoms with Gasteiger partial charge in [0.2, 0.25) is 0 Å². The number of anilines is 1. The Morgan fingerprint density at radius 1 is 1.48 bits per heavy atom. The summed E-state index contributed by atoms with van der Waals surface area (Å²) >= 11 is 3.20. The Bertz CT molecular complexity index is 732. The number of nitrogens with zero attached hydrogens (tertiary/aromatic N) is 2. The summed E-state index contributed by atoms with van der Waals surface area (Å²) in [7, 11) is 0. The van der Waals surface area contributed by atoms with Crippen molar-refractivity contribution < 1.29 is 13.9 Å². The third kappa shape index (κ3) is 4.67. The highest BCUT2D eigenvalue weighted by Crippen LogP contribution is 2.20. The molecule has 0 unspecified atom stereocenters. The third-order valence-electron chi connectivity index (χ3n) is 3.86. The van der Waals surface area contributed by atoms with Crippen molar-refractivity contribution >= 4 is 27.6 Å². The van der Waals surface area contributed by atoms with Crippen LogP contribution >= 0.6 is 15.9 Å². The molecule has 0 aliphatic carbocycles. The van der Waals surface area contributed by atoms with Gasteiger partial charge in [0.1, 0.15) is 18.2 Å². The topological polar surface area (TPSA) is 66.5 Å². The Hall–Kier alpha value is -2.19. The molecule has 1 aliphatic heterocycles. The van der Waals surface area contributed by atoms with Gasteiger partial charge in [0, 0.05) is 30.3 Å². The van der Waals surface area contributed by atoms with E-state index >= 15 is 0 Å². The first-order valence-electron chi connectivity index (χ1n) is 7.89. The molecule has 1 atom stereocenters. The van der Waals surface area contributed by atoms with E-state index in [-0.39, 0.29) is 17.8 Å². The Labute approximate surface area is 153 Å². The fourth-order valence-corrected chi connectivity index (χ4v) is 2.91. The highest BCUT2D eigenvalue weighted by atomic mass is 79.9. The number of piperazine rings is 1. The number of carbonyl (C=O) groups excluding carboxylic acids is 1. The van der Waals surface area contributed by atoms with Gasteiger partial charge >= 0.3 is 6.03 Å². The molecule has 0 bridgehead atoms. The average molecular weight is 409 g/mol. The van der Waals surface area contributed by atoms with Crippen molar-refractivity contribution in [2.45, 2.75) is 6.04 Å². The lowest BCUT2D eigenvalue weighted by atomic mass is 10.2. The first kappa shape index (κ1) is 17.6. The summed E-state index contributed by atoms with van der Waals surface area (Å²) in [5.74, 6) is 0.161. The second-order valence-corrected chi connectivity index (χ2v) is 6.52. The van der Waals surface area contributed by atoms with Crippen LogP contribution in [0, 0.1) is 5.82 Å². The maximum atomic E-state index is 13.9. The number of hydrogen-bond donors (Lipinski definition) is 2. The molecule has 1 aliphatic rings. The Balaban J connectivity index is 1.64. The van der Waals surface area contributed by atoms with Crippen LogP contribution in [-0.4, -0.2) is 48.2 Å². The molecule has 1 aromatic heterocycles. The smallest absolute Gasteiger partial charge is 0.322 e. The van der Waals surface area contributed by atoms with Crippen LogP contribution in [0.2, 0.25) is 0 Å². The van der Waals surface area contributed by atoms with Crippen molar-refractivity contribution in [3.8, 4) is 5.75 Å². The minimum atomic E-state index is -0.485. The fraction of sp³-hybridized carbons (Fsp3) is 0.294. The van der Waals surface area contributed by atoms with Crippen molar-refractivity contribution in [3.05, 3.63) is 53.0 Å². The van der Waals surface area contributed by atoms with Crippen molar-refractivity contribution in [2.75, 3.05) is 31.6 Å². The molecule has 2 amide bonds. The normalized spacial score (nSPS) is 17.2. The molecule has 2 heterocycles. The summed E-state index contributed by atoms with van der Waals surface area (Å²) in [5, 5.41) is 5.87. The molecule has 1 aromatic carbocycles. The SMILES string of the molecule is O=C(Nc1ccc(Br)cc1F)N1CCNC[C@@H]1COc1cccnc1. The number of ether oxygens (including phenoxy) is 1. The molecule has 6 nitrogen and oxygen atoms in total. The fourth-order valence-electron chi connectivity index (χ4n) is 2.58. The van der Waals surface area contributed by atoms with E-state index in [1.165, 1.54) is 12.1 Å². The maximum Gasteiger partial charge on any atom is 0.322 e. The Kier molecular flexibility index (Phi) is 5.83. The quantitative estimate of drug-likeness (QED) is 0.815. The zero-order chi connectivity index (χ0) is 17.6. The second-order valence-electron chi connectivity index (χ2n) is 5.61. The van der Waals surface area contributed by atoms with Crippen molar-refractivity contribution in [2.24, 2.45) is 0 Å². The summed E-state index contributed by atoms with van der Waals surface area (Å²) in [6.07, 6.45) is 3.29. The van der Waals surface area contributed by atoms with E-state index in [0.29, 0.717) is 36.5 Å². The molecule has 1 saturated heterocycles. The largest absolute Gasteiger partial charge is 0.490 e.